The van der Waals surface area contributed by atoms with Gasteiger partial charge in [-0.05, 0) is 57.2 Å². The van der Waals surface area contributed by atoms with Gasteiger partial charge in [-0.25, -0.2) is 0 Å². The molecule has 0 radical (unpaired) electrons. The molecule has 2 nitrogen and oxygen atoms in total. The first kappa shape index (κ1) is 12.9. The zero-order valence-electron chi connectivity index (χ0n) is 10.1. The van der Waals surface area contributed by atoms with Gasteiger partial charge in [0.15, 0.2) is 0 Å². The van der Waals surface area contributed by atoms with Crippen LogP contribution in [0, 0.1) is 5.41 Å². The number of thiocarbonyl (C=S) groups is 1. The standard InChI is InChI=1S/C12H24N2S/c1-12(2)6-4-9-14(10-7-12)8-3-5-11(13)15/h3-10H2,1-2H3,(H2,13,15). The maximum atomic E-state index is 5.49. The highest BCUT2D eigenvalue weighted by molar-refractivity contribution is 7.80. The van der Waals surface area contributed by atoms with Gasteiger partial charge >= 0.3 is 0 Å². The maximum absolute atomic E-state index is 5.49. The highest BCUT2D eigenvalue weighted by Crippen LogP contribution is 2.29. The summed E-state index contributed by atoms with van der Waals surface area (Å²) >= 11 is 4.88. The normalized spacial score (nSPS) is 22.3. The van der Waals surface area contributed by atoms with Crippen molar-refractivity contribution in [3.8, 4) is 0 Å². The monoisotopic (exact) mass is 228 g/mol. The van der Waals surface area contributed by atoms with Crippen molar-refractivity contribution in [2.24, 2.45) is 11.1 Å². The van der Waals surface area contributed by atoms with Crippen LogP contribution in [0.2, 0.25) is 0 Å². The lowest BCUT2D eigenvalue weighted by atomic mass is 9.85. The second kappa shape index (κ2) is 5.80. The average molecular weight is 228 g/mol. The van der Waals surface area contributed by atoms with Crippen molar-refractivity contribution in [2.45, 2.75) is 46.0 Å². The molecule has 0 aromatic heterocycles. The van der Waals surface area contributed by atoms with Crippen molar-refractivity contribution in [1.82, 2.24) is 4.90 Å². The van der Waals surface area contributed by atoms with Crippen LogP contribution in [-0.4, -0.2) is 29.5 Å². The minimum atomic E-state index is 0.540. The van der Waals surface area contributed by atoms with Gasteiger partial charge < -0.3 is 10.6 Å². The SMILES string of the molecule is CC1(C)CCCN(CCCC(N)=S)CC1. The third-order valence-electron chi connectivity index (χ3n) is 3.33. The largest absolute Gasteiger partial charge is 0.393 e. The molecular weight excluding hydrogens is 204 g/mol. The summed E-state index contributed by atoms with van der Waals surface area (Å²) in [7, 11) is 0. The molecule has 2 N–H and O–H groups in total. The first-order chi connectivity index (χ1) is 6.99. The average Bonchev–Trinajstić information content (AvgIpc) is 2.27. The molecule has 15 heavy (non-hydrogen) atoms. The minimum Gasteiger partial charge on any atom is -0.393 e. The third kappa shape index (κ3) is 5.47. The Hall–Kier alpha value is -0.150. The summed E-state index contributed by atoms with van der Waals surface area (Å²) in [5, 5.41) is 0. The Kier molecular flexibility index (Phi) is 5.00. The molecule has 0 unspecified atom stereocenters. The van der Waals surface area contributed by atoms with Crippen molar-refractivity contribution in [3.63, 3.8) is 0 Å². The van der Waals surface area contributed by atoms with Gasteiger partial charge in [-0.3, -0.25) is 0 Å². The van der Waals surface area contributed by atoms with Gasteiger partial charge in [0.25, 0.3) is 0 Å². The highest BCUT2D eigenvalue weighted by atomic mass is 32.1. The number of hydrogen-bond donors (Lipinski definition) is 1. The first-order valence-electron chi connectivity index (χ1n) is 6.00. The van der Waals surface area contributed by atoms with E-state index in [0.717, 1.165) is 19.4 Å². The van der Waals surface area contributed by atoms with E-state index in [1.807, 2.05) is 0 Å². The van der Waals surface area contributed by atoms with E-state index in [2.05, 4.69) is 18.7 Å². The lowest BCUT2D eigenvalue weighted by molar-refractivity contribution is 0.261. The Morgan fingerprint density at radius 1 is 1.33 bits per heavy atom. The van der Waals surface area contributed by atoms with Crippen LogP contribution in [0.5, 0.6) is 0 Å². The van der Waals surface area contributed by atoms with Crippen molar-refractivity contribution in [2.75, 3.05) is 19.6 Å². The van der Waals surface area contributed by atoms with Gasteiger partial charge in [0.05, 0.1) is 4.99 Å². The molecule has 88 valence electrons. The quantitative estimate of drug-likeness (QED) is 0.750. The Balaban J connectivity index is 2.23. The molecule has 0 aromatic carbocycles. The Morgan fingerprint density at radius 3 is 2.73 bits per heavy atom. The van der Waals surface area contributed by atoms with Crippen LogP contribution in [0.1, 0.15) is 46.0 Å². The van der Waals surface area contributed by atoms with Crippen molar-refractivity contribution < 1.29 is 0 Å². The van der Waals surface area contributed by atoms with E-state index < -0.39 is 0 Å². The van der Waals surface area contributed by atoms with Gasteiger partial charge in [0, 0.05) is 0 Å². The molecule has 1 aliphatic rings. The lowest BCUT2D eigenvalue weighted by Crippen LogP contribution is -2.27. The minimum absolute atomic E-state index is 0.540. The predicted molar refractivity (Wildman–Crippen MR) is 70.1 cm³/mol. The Morgan fingerprint density at radius 2 is 2.07 bits per heavy atom. The Bertz CT molecular complexity index is 214. The molecule has 0 aromatic rings. The molecule has 0 atom stereocenters. The molecule has 1 rings (SSSR count). The van der Waals surface area contributed by atoms with Gasteiger partial charge in [-0.1, -0.05) is 26.1 Å². The van der Waals surface area contributed by atoms with Gasteiger partial charge in [0.1, 0.15) is 0 Å². The second-order valence-corrected chi connectivity index (χ2v) is 5.95. The molecule has 1 fully saturated rings. The van der Waals surface area contributed by atoms with Crippen molar-refractivity contribution in [1.29, 1.82) is 0 Å². The van der Waals surface area contributed by atoms with Crippen molar-refractivity contribution in [3.05, 3.63) is 0 Å². The number of likely N-dealkylation sites (tertiary alicyclic amines) is 1. The summed E-state index contributed by atoms with van der Waals surface area (Å²) in [4.78, 5) is 3.22. The molecule has 1 heterocycles. The predicted octanol–water partition coefficient (Wildman–Crippen LogP) is 2.56. The van der Waals surface area contributed by atoms with Crippen LogP contribution in [0.25, 0.3) is 0 Å². The van der Waals surface area contributed by atoms with Crippen LogP contribution in [-0.2, 0) is 0 Å². The van der Waals surface area contributed by atoms with Gasteiger partial charge in [0.2, 0.25) is 0 Å². The summed E-state index contributed by atoms with van der Waals surface area (Å²) in [6.07, 6.45) is 6.03. The van der Waals surface area contributed by atoms with E-state index in [0.29, 0.717) is 10.4 Å². The third-order valence-corrected chi connectivity index (χ3v) is 3.53. The topological polar surface area (TPSA) is 29.3 Å². The molecule has 1 saturated heterocycles. The zero-order valence-corrected chi connectivity index (χ0v) is 10.9. The van der Waals surface area contributed by atoms with Crippen LogP contribution in [0.4, 0.5) is 0 Å². The van der Waals surface area contributed by atoms with Gasteiger partial charge in [-0.2, -0.15) is 0 Å². The number of nitrogens with zero attached hydrogens (tertiary/aromatic N) is 1. The molecule has 3 heteroatoms. The zero-order chi connectivity index (χ0) is 11.3. The second-order valence-electron chi connectivity index (χ2n) is 5.43. The van der Waals surface area contributed by atoms with E-state index in [1.165, 1.54) is 32.4 Å². The number of rotatable bonds is 4. The summed E-state index contributed by atoms with van der Waals surface area (Å²) in [5.74, 6) is 0. The van der Waals surface area contributed by atoms with Crippen LogP contribution in [0.15, 0.2) is 0 Å². The van der Waals surface area contributed by atoms with Crippen LogP contribution < -0.4 is 5.73 Å². The highest BCUT2D eigenvalue weighted by Gasteiger charge is 2.22. The van der Waals surface area contributed by atoms with E-state index in [9.17, 15) is 0 Å². The lowest BCUT2D eigenvalue weighted by Gasteiger charge is -2.23. The summed E-state index contributed by atoms with van der Waals surface area (Å²) in [6.45, 7) is 8.41. The van der Waals surface area contributed by atoms with Crippen molar-refractivity contribution >= 4 is 17.2 Å². The van der Waals surface area contributed by atoms with E-state index in [-0.39, 0.29) is 0 Å². The molecule has 1 aliphatic heterocycles. The summed E-state index contributed by atoms with van der Waals surface area (Å²) in [6, 6.07) is 0. The molecule has 0 aliphatic carbocycles. The number of nitrogens with two attached hydrogens (primary N) is 1. The van der Waals surface area contributed by atoms with Crippen LogP contribution >= 0.6 is 12.2 Å². The Labute approximate surface area is 99.2 Å². The van der Waals surface area contributed by atoms with Gasteiger partial charge in [-0.15, -0.1) is 0 Å². The fraction of sp³-hybridized carbons (Fsp3) is 0.917. The molecule has 0 saturated carbocycles. The molecule has 0 amide bonds. The van der Waals surface area contributed by atoms with E-state index >= 15 is 0 Å². The smallest absolute Gasteiger partial charge is 0.0727 e. The number of hydrogen-bond acceptors (Lipinski definition) is 2. The fourth-order valence-corrected chi connectivity index (χ4v) is 2.32. The van der Waals surface area contributed by atoms with Crippen LogP contribution in [0.3, 0.4) is 0 Å². The first-order valence-corrected chi connectivity index (χ1v) is 6.41. The fourth-order valence-electron chi connectivity index (χ4n) is 2.18. The van der Waals surface area contributed by atoms with E-state index in [4.69, 9.17) is 18.0 Å². The summed E-state index contributed by atoms with van der Waals surface area (Å²) < 4.78 is 0. The molecule has 0 spiro atoms. The molecular formula is C12H24N2S. The van der Waals surface area contributed by atoms with E-state index in [1.54, 1.807) is 0 Å². The maximum Gasteiger partial charge on any atom is 0.0727 e. The molecule has 0 bridgehead atoms. The summed E-state index contributed by atoms with van der Waals surface area (Å²) in [5.41, 5.74) is 6.03.